The fraction of sp³-hybridized carbons (Fsp3) is 0.125. The van der Waals surface area contributed by atoms with Crippen molar-refractivity contribution in [3.8, 4) is 0 Å². The SMILES string of the molecule is C=CCn1c(NN=Cc2cccc([N+](=O)[O-])c2)nc2c1c(=O)[nH]c(=O)n2C. The summed E-state index contributed by atoms with van der Waals surface area (Å²) in [5.41, 5.74) is 2.39. The molecular formula is C16H15N7O4. The highest BCUT2D eigenvalue weighted by molar-refractivity contribution is 5.81. The van der Waals surface area contributed by atoms with E-state index in [2.05, 4.69) is 27.1 Å². The van der Waals surface area contributed by atoms with Crippen LogP contribution in [0, 0.1) is 10.1 Å². The van der Waals surface area contributed by atoms with Crippen molar-refractivity contribution < 1.29 is 4.92 Å². The van der Waals surface area contributed by atoms with Crippen molar-refractivity contribution in [3.63, 3.8) is 0 Å². The van der Waals surface area contributed by atoms with E-state index in [4.69, 9.17) is 0 Å². The first kappa shape index (κ1) is 17.8. The molecule has 0 amide bonds. The van der Waals surface area contributed by atoms with Gasteiger partial charge in [-0.15, -0.1) is 6.58 Å². The number of hydrogen-bond donors (Lipinski definition) is 2. The lowest BCUT2D eigenvalue weighted by Crippen LogP contribution is -2.29. The number of benzene rings is 1. The molecule has 0 atom stereocenters. The van der Waals surface area contributed by atoms with E-state index in [1.807, 2.05) is 0 Å². The molecule has 0 unspecified atom stereocenters. The Morgan fingerprint density at radius 2 is 2.22 bits per heavy atom. The topological polar surface area (TPSA) is 140 Å². The van der Waals surface area contributed by atoms with E-state index in [1.165, 1.54) is 34.5 Å². The number of aromatic nitrogens is 4. The lowest BCUT2D eigenvalue weighted by Gasteiger charge is -2.04. The Morgan fingerprint density at radius 1 is 1.44 bits per heavy atom. The van der Waals surface area contributed by atoms with Crippen LogP contribution < -0.4 is 16.7 Å². The molecule has 11 heteroatoms. The van der Waals surface area contributed by atoms with Crippen molar-refractivity contribution in [1.82, 2.24) is 19.1 Å². The molecule has 2 aromatic heterocycles. The van der Waals surface area contributed by atoms with Crippen molar-refractivity contribution in [1.29, 1.82) is 0 Å². The number of fused-ring (bicyclic) bond motifs is 1. The van der Waals surface area contributed by atoms with Gasteiger partial charge in [-0.1, -0.05) is 18.2 Å². The zero-order valence-electron chi connectivity index (χ0n) is 14.2. The molecule has 0 saturated carbocycles. The molecule has 0 radical (unpaired) electrons. The molecule has 0 spiro atoms. The second-order valence-corrected chi connectivity index (χ2v) is 5.55. The number of rotatable bonds is 6. The summed E-state index contributed by atoms with van der Waals surface area (Å²) in [4.78, 5) is 40.7. The van der Waals surface area contributed by atoms with Crippen molar-refractivity contribution in [2.45, 2.75) is 6.54 Å². The van der Waals surface area contributed by atoms with E-state index in [0.717, 1.165) is 0 Å². The molecule has 0 saturated heterocycles. The summed E-state index contributed by atoms with van der Waals surface area (Å²) in [6.45, 7) is 3.90. The summed E-state index contributed by atoms with van der Waals surface area (Å²) >= 11 is 0. The molecule has 138 valence electrons. The van der Waals surface area contributed by atoms with Gasteiger partial charge in [-0.3, -0.25) is 29.0 Å². The number of aryl methyl sites for hydroxylation is 1. The number of aromatic amines is 1. The standard InChI is InChI=1S/C16H15N7O4/c1-3-7-22-12-13(21(2)16(25)19-14(12)24)18-15(22)20-17-9-10-5-4-6-11(8-10)23(26)27/h3-6,8-9H,1,7H2,2H3,(H,18,20)(H,19,24,25). The fourth-order valence-electron chi connectivity index (χ4n) is 2.51. The van der Waals surface area contributed by atoms with E-state index in [-0.39, 0.29) is 29.3 Å². The summed E-state index contributed by atoms with van der Waals surface area (Å²) in [6, 6.07) is 5.94. The number of non-ortho nitro benzene ring substituents is 1. The van der Waals surface area contributed by atoms with Crippen LogP contribution in [0.3, 0.4) is 0 Å². The Hall–Kier alpha value is -4.02. The van der Waals surface area contributed by atoms with Gasteiger partial charge >= 0.3 is 5.69 Å². The predicted molar refractivity (Wildman–Crippen MR) is 100 cm³/mol. The maximum atomic E-state index is 12.2. The number of hydrazone groups is 1. The van der Waals surface area contributed by atoms with Gasteiger partial charge in [-0.25, -0.2) is 10.2 Å². The molecule has 0 aliphatic heterocycles. The van der Waals surface area contributed by atoms with Gasteiger partial charge in [0.1, 0.15) is 0 Å². The highest BCUT2D eigenvalue weighted by Crippen LogP contribution is 2.16. The first-order chi connectivity index (χ1) is 12.9. The van der Waals surface area contributed by atoms with Gasteiger partial charge in [0.2, 0.25) is 5.95 Å². The zero-order valence-corrected chi connectivity index (χ0v) is 14.2. The number of nitrogens with one attached hydrogen (secondary N) is 2. The predicted octanol–water partition coefficient (Wildman–Crippen LogP) is 0.963. The normalized spacial score (nSPS) is 11.1. The minimum Gasteiger partial charge on any atom is -0.299 e. The Morgan fingerprint density at radius 3 is 2.93 bits per heavy atom. The number of imidazole rings is 1. The highest BCUT2D eigenvalue weighted by Gasteiger charge is 2.16. The van der Waals surface area contributed by atoms with Crippen LogP contribution in [0.2, 0.25) is 0 Å². The molecule has 0 fully saturated rings. The van der Waals surface area contributed by atoms with Crippen LogP contribution in [0.5, 0.6) is 0 Å². The molecule has 2 N–H and O–H groups in total. The summed E-state index contributed by atoms with van der Waals surface area (Å²) < 4.78 is 2.73. The van der Waals surface area contributed by atoms with Crippen LogP contribution in [0.1, 0.15) is 5.56 Å². The van der Waals surface area contributed by atoms with Crippen LogP contribution in [0.4, 0.5) is 11.6 Å². The van der Waals surface area contributed by atoms with Crippen LogP contribution in [0.25, 0.3) is 11.2 Å². The second kappa shape index (κ2) is 7.07. The van der Waals surface area contributed by atoms with E-state index in [9.17, 15) is 19.7 Å². The zero-order chi connectivity index (χ0) is 19.6. The minimum atomic E-state index is -0.581. The molecule has 0 bridgehead atoms. The van der Waals surface area contributed by atoms with Crippen molar-refractivity contribution in [3.05, 3.63) is 73.4 Å². The van der Waals surface area contributed by atoms with Gasteiger partial charge in [0.15, 0.2) is 11.2 Å². The number of nitrogens with zero attached hydrogens (tertiary/aromatic N) is 5. The molecule has 27 heavy (non-hydrogen) atoms. The smallest absolute Gasteiger partial charge is 0.299 e. The molecule has 3 rings (SSSR count). The lowest BCUT2D eigenvalue weighted by molar-refractivity contribution is -0.384. The third-order valence-electron chi connectivity index (χ3n) is 3.78. The van der Waals surface area contributed by atoms with Gasteiger partial charge in [-0.2, -0.15) is 10.1 Å². The number of hydrogen-bond acceptors (Lipinski definition) is 7. The lowest BCUT2D eigenvalue weighted by atomic mass is 10.2. The number of nitro benzene ring substituents is 1. The average molecular weight is 369 g/mol. The van der Waals surface area contributed by atoms with Gasteiger partial charge in [0, 0.05) is 31.3 Å². The third-order valence-corrected chi connectivity index (χ3v) is 3.78. The van der Waals surface area contributed by atoms with Gasteiger partial charge in [-0.05, 0) is 0 Å². The quantitative estimate of drug-likeness (QED) is 0.287. The van der Waals surface area contributed by atoms with Crippen LogP contribution in [-0.2, 0) is 13.6 Å². The van der Waals surface area contributed by atoms with Crippen LogP contribution >= 0.6 is 0 Å². The largest absolute Gasteiger partial charge is 0.329 e. The molecule has 1 aromatic carbocycles. The maximum absolute atomic E-state index is 12.2. The first-order valence-electron chi connectivity index (χ1n) is 7.76. The third kappa shape index (κ3) is 3.38. The molecule has 0 aliphatic carbocycles. The van der Waals surface area contributed by atoms with E-state index >= 15 is 0 Å². The summed E-state index contributed by atoms with van der Waals surface area (Å²) in [6.07, 6.45) is 2.95. The van der Waals surface area contributed by atoms with Gasteiger partial charge < -0.3 is 0 Å². The highest BCUT2D eigenvalue weighted by atomic mass is 16.6. The van der Waals surface area contributed by atoms with Crippen LogP contribution in [0.15, 0.2) is 51.6 Å². The Bertz CT molecular complexity index is 1190. The Kier molecular flexibility index (Phi) is 4.66. The Labute approximate surface area is 151 Å². The van der Waals surface area contributed by atoms with Gasteiger partial charge in [0.25, 0.3) is 11.2 Å². The van der Waals surface area contributed by atoms with Gasteiger partial charge in [0.05, 0.1) is 11.1 Å². The number of allylic oxidation sites excluding steroid dienone is 1. The van der Waals surface area contributed by atoms with E-state index in [0.29, 0.717) is 5.56 Å². The minimum absolute atomic E-state index is 0.0561. The average Bonchev–Trinajstić information content (AvgIpc) is 2.99. The maximum Gasteiger partial charge on any atom is 0.329 e. The number of anilines is 1. The molecule has 2 heterocycles. The summed E-state index contributed by atoms with van der Waals surface area (Å²) in [5, 5.41) is 14.8. The fourth-order valence-corrected chi connectivity index (χ4v) is 2.51. The first-order valence-corrected chi connectivity index (χ1v) is 7.76. The monoisotopic (exact) mass is 369 g/mol. The summed E-state index contributed by atoms with van der Waals surface area (Å²) in [7, 11) is 1.49. The van der Waals surface area contributed by atoms with E-state index < -0.39 is 16.2 Å². The van der Waals surface area contributed by atoms with Crippen molar-refractivity contribution >= 4 is 29.0 Å². The number of H-pyrrole nitrogens is 1. The van der Waals surface area contributed by atoms with Crippen molar-refractivity contribution in [2.75, 3.05) is 5.43 Å². The number of nitro groups is 1. The van der Waals surface area contributed by atoms with Crippen molar-refractivity contribution in [2.24, 2.45) is 12.1 Å². The second-order valence-electron chi connectivity index (χ2n) is 5.55. The van der Waals surface area contributed by atoms with Crippen LogP contribution in [-0.4, -0.2) is 30.2 Å². The molecule has 0 aliphatic rings. The Balaban J connectivity index is 1.99. The summed E-state index contributed by atoms with van der Waals surface area (Å²) in [5.74, 6) is 0.221. The molecule has 3 aromatic rings. The molecular weight excluding hydrogens is 354 g/mol. The molecule has 11 nitrogen and oxygen atoms in total. The van der Waals surface area contributed by atoms with E-state index in [1.54, 1.807) is 18.2 Å².